The van der Waals surface area contributed by atoms with Gasteiger partial charge in [0, 0.05) is 36.1 Å². The lowest BCUT2D eigenvalue weighted by molar-refractivity contribution is 0.498. The Morgan fingerprint density at radius 2 is 2.10 bits per heavy atom. The number of hydrogen-bond donors (Lipinski definition) is 2. The SMILES string of the molecule is CC(C)n1nnc(CN)c1Cc1c[nH]c2ccccc12. The van der Waals surface area contributed by atoms with Crippen LogP contribution in [0.3, 0.4) is 0 Å². The van der Waals surface area contributed by atoms with Gasteiger partial charge in [-0.2, -0.15) is 0 Å². The summed E-state index contributed by atoms with van der Waals surface area (Å²) in [5, 5.41) is 9.66. The number of hydrogen-bond acceptors (Lipinski definition) is 3. The van der Waals surface area contributed by atoms with E-state index in [2.05, 4.69) is 53.5 Å². The summed E-state index contributed by atoms with van der Waals surface area (Å²) in [6.45, 7) is 4.63. The number of nitrogens with one attached hydrogen (secondary N) is 1. The molecule has 1 aromatic carbocycles. The summed E-state index contributed by atoms with van der Waals surface area (Å²) >= 11 is 0. The molecule has 3 rings (SSSR count). The molecule has 0 saturated heterocycles. The maximum atomic E-state index is 5.78. The van der Waals surface area contributed by atoms with Crippen LogP contribution in [0.5, 0.6) is 0 Å². The van der Waals surface area contributed by atoms with E-state index in [1.54, 1.807) is 0 Å². The molecular weight excluding hydrogens is 250 g/mol. The second-order valence-electron chi connectivity index (χ2n) is 5.26. The zero-order valence-corrected chi connectivity index (χ0v) is 11.8. The van der Waals surface area contributed by atoms with E-state index in [0.29, 0.717) is 6.54 Å². The van der Waals surface area contributed by atoms with E-state index in [0.717, 1.165) is 23.3 Å². The summed E-state index contributed by atoms with van der Waals surface area (Å²) in [5.74, 6) is 0. The second-order valence-corrected chi connectivity index (χ2v) is 5.26. The Balaban J connectivity index is 2.04. The zero-order valence-electron chi connectivity index (χ0n) is 11.8. The molecule has 0 aliphatic rings. The summed E-state index contributed by atoms with van der Waals surface area (Å²) in [7, 11) is 0. The summed E-state index contributed by atoms with van der Waals surface area (Å²) < 4.78 is 1.96. The zero-order chi connectivity index (χ0) is 14.1. The molecule has 0 unspecified atom stereocenters. The maximum absolute atomic E-state index is 5.78. The monoisotopic (exact) mass is 269 g/mol. The van der Waals surface area contributed by atoms with E-state index < -0.39 is 0 Å². The van der Waals surface area contributed by atoms with Gasteiger partial charge in [-0.15, -0.1) is 5.10 Å². The van der Waals surface area contributed by atoms with Crippen molar-refractivity contribution >= 4 is 10.9 Å². The Labute approximate surface area is 117 Å². The fraction of sp³-hybridized carbons (Fsp3) is 0.333. The molecule has 0 bridgehead atoms. The van der Waals surface area contributed by atoms with E-state index >= 15 is 0 Å². The Morgan fingerprint density at radius 3 is 2.85 bits per heavy atom. The lowest BCUT2D eigenvalue weighted by Crippen LogP contribution is -2.10. The third-order valence-corrected chi connectivity index (χ3v) is 3.59. The van der Waals surface area contributed by atoms with Crippen LogP contribution in [-0.2, 0) is 13.0 Å². The minimum Gasteiger partial charge on any atom is -0.361 e. The first-order chi connectivity index (χ1) is 9.70. The molecule has 20 heavy (non-hydrogen) atoms. The predicted octanol–water partition coefficient (Wildman–Crippen LogP) is 2.39. The molecule has 3 N–H and O–H groups in total. The highest BCUT2D eigenvalue weighted by Gasteiger charge is 2.16. The van der Waals surface area contributed by atoms with Crippen molar-refractivity contribution in [2.24, 2.45) is 5.73 Å². The Kier molecular flexibility index (Phi) is 3.28. The number of fused-ring (bicyclic) bond motifs is 1. The van der Waals surface area contributed by atoms with Crippen LogP contribution >= 0.6 is 0 Å². The quantitative estimate of drug-likeness (QED) is 0.764. The molecule has 0 aliphatic carbocycles. The van der Waals surface area contributed by atoms with Crippen LogP contribution in [0.1, 0.15) is 36.8 Å². The minimum atomic E-state index is 0.281. The Hall–Kier alpha value is -2.14. The van der Waals surface area contributed by atoms with E-state index in [1.807, 2.05) is 10.7 Å². The fourth-order valence-electron chi connectivity index (χ4n) is 2.56. The first kappa shape index (κ1) is 12.9. The van der Waals surface area contributed by atoms with Crippen LogP contribution < -0.4 is 5.73 Å². The predicted molar refractivity (Wildman–Crippen MR) is 79.4 cm³/mol. The summed E-state index contributed by atoms with van der Waals surface area (Å²) in [6.07, 6.45) is 2.85. The molecule has 5 heteroatoms. The number of benzene rings is 1. The van der Waals surface area contributed by atoms with Crippen molar-refractivity contribution in [1.29, 1.82) is 0 Å². The van der Waals surface area contributed by atoms with Crippen LogP contribution in [0.15, 0.2) is 30.5 Å². The summed E-state index contributed by atoms with van der Waals surface area (Å²) in [6, 6.07) is 8.59. The molecule has 104 valence electrons. The summed E-state index contributed by atoms with van der Waals surface area (Å²) in [5.41, 5.74) is 10.2. The van der Waals surface area contributed by atoms with Crippen molar-refractivity contribution in [2.45, 2.75) is 32.9 Å². The number of para-hydroxylation sites is 1. The summed E-state index contributed by atoms with van der Waals surface area (Å²) in [4.78, 5) is 3.31. The van der Waals surface area contributed by atoms with E-state index in [1.165, 1.54) is 10.9 Å². The molecule has 5 nitrogen and oxygen atoms in total. The molecule has 2 heterocycles. The van der Waals surface area contributed by atoms with Crippen molar-refractivity contribution in [1.82, 2.24) is 20.0 Å². The van der Waals surface area contributed by atoms with Gasteiger partial charge >= 0.3 is 0 Å². The Bertz CT molecular complexity index is 723. The van der Waals surface area contributed by atoms with Crippen LogP contribution in [0.2, 0.25) is 0 Å². The third kappa shape index (κ3) is 2.10. The molecule has 0 amide bonds. The van der Waals surface area contributed by atoms with Gasteiger partial charge in [0.05, 0.1) is 11.4 Å². The van der Waals surface area contributed by atoms with Crippen molar-refractivity contribution in [3.63, 3.8) is 0 Å². The first-order valence-corrected chi connectivity index (χ1v) is 6.88. The molecule has 0 atom stereocenters. The van der Waals surface area contributed by atoms with Crippen molar-refractivity contribution in [2.75, 3.05) is 0 Å². The first-order valence-electron chi connectivity index (χ1n) is 6.88. The number of aromatic amines is 1. The van der Waals surface area contributed by atoms with Gasteiger partial charge in [-0.1, -0.05) is 23.4 Å². The van der Waals surface area contributed by atoms with Crippen LogP contribution in [-0.4, -0.2) is 20.0 Å². The highest BCUT2D eigenvalue weighted by atomic mass is 15.4. The molecule has 2 aromatic heterocycles. The van der Waals surface area contributed by atoms with Gasteiger partial charge in [0.1, 0.15) is 0 Å². The molecule has 0 saturated carbocycles. The Morgan fingerprint density at radius 1 is 1.30 bits per heavy atom. The van der Waals surface area contributed by atoms with Gasteiger partial charge in [0.15, 0.2) is 0 Å². The average Bonchev–Trinajstić information content (AvgIpc) is 3.04. The highest BCUT2D eigenvalue weighted by molar-refractivity contribution is 5.83. The highest BCUT2D eigenvalue weighted by Crippen LogP contribution is 2.22. The molecule has 3 aromatic rings. The number of nitrogens with zero attached hydrogens (tertiary/aromatic N) is 3. The maximum Gasteiger partial charge on any atom is 0.0998 e. The topological polar surface area (TPSA) is 72.5 Å². The minimum absolute atomic E-state index is 0.281. The second kappa shape index (κ2) is 5.09. The van der Waals surface area contributed by atoms with Crippen LogP contribution in [0.25, 0.3) is 10.9 Å². The number of nitrogens with two attached hydrogens (primary N) is 1. The average molecular weight is 269 g/mol. The van der Waals surface area contributed by atoms with Crippen LogP contribution in [0, 0.1) is 0 Å². The van der Waals surface area contributed by atoms with Crippen molar-refractivity contribution < 1.29 is 0 Å². The van der Waals surface area contributed by atoms with Crippen molar-refractivity contribution in [3.8, 4) is 0 Å². The number of H-pyrrole nitrogens is 1. The normalized spacial score (nSPS) is 11.6. The lowest BCUT2D eigenvalue weighted by Gasteiger charge is -2.10. The third-order valence-electron chi connectivity index (χ3n) is 3.59. The van der Waals surface area contributed by atoms with Gasteiger partial charge in [-0.25, -0.2) is 4.68 Å². The molecule has 0 spiro atoms. The number of aromatic nitrogens is 4. The number of rotatable bonds is 4. The van der Waals surface area contributed by atoms with Gasteiger partial charge in [-0.05, 0) is 25.5 Å². The van der Waals surface area contributed by atoms with Gasteiger partial charge in [0.25, 0.3) is 0 Å². The molecule has 0 fully saturated rings. The largest absolute Gasteiger partial charge is 0.361 e. The lowest BCUT2D eigenvalue weighted by atomic mass is 10.1. The standard InChI is InChI=1S/C15H19N5/c1-10(2)20-15(14(8-16)18-19-20)7-11-9-17-13-6-4-3-5-12(11)13/h3-6,9-10,17H,7-8,16H2,1-2H3. The molecule has 0 aliphatic heterocycles. The smallest absolute Gasteiger partial charge is 0.0998 e. The van der Waals surface area contributed by atoms with Gasteiger partial charge in [-0.3, -0.25) is 0 Å². The molecular formula is C15H19N5. The van der Waals surface area contributed by atoms with Crippen molar-refractivity contribution in [3.05, 3.63) is 47.4 Å². The van der Waals surface area contributed by atoms with Gasteiger partial charge in [0.2, 0.25) is 0 Å². The fourth-order valence-corrected chi connectivity index (χ4v) is 2.56. The van der Waals surface area contributed by atoms with Crippen LogP contribution in [0.4, 0.5) is 0 Å². The van der Waals surface area contributed by atoms with E-state index in [4.69, 9.17) is 5.73 Å². The van der Waals surface area contributed by atoms with E-state index in [9.17, 15) is 0 Å². The molecule has 0 radical (unpaired) electrons. The van der Waals surface area contributed by atoms with Gasteiger partial charge < -0.3 is 10.7 Å². The van der Waals surface area contributed by atoms with E-state index in [-0.39, 0.29) is 6.04 Å².